The number of halogens is 1. The van der Waals surface area contributed by atoms with Crippen molar-refractivity contribution in [3.05, 3.63) is 22.3 Å². The van der Waals surface area contributed by atoms with Crippen LogP contribution < -0.4 is 10.9 Å². The average Bonchev–Trinajstić information content (AvgIpc) is 1.94. The molecule has 11 heavy (non-hydrogen) atoms. The minimum Gasteiger partial charge on any atom is -0.298 e. The van der Waals surface area contributed by atoms with E-state index in [1.165, 1.54) is 5.01 Å². The average molecular weight is 216 g/mol. The van der Waals surface area contributed by atoms with E-state index < -0.39 is 0 Å². The zero-order valence-electron chi connectivity index (χ0n) is 6.50. The van der Waals surface area contributed by atoms with E-state index in [1.807, 2.05) is 13.0 Å². The number of pyridine rings is 1. The summed E-state index contributed by atoms with van der Waals surface area (Å²) in [6, 6.07) is 1.92. The third kappa shape index (κ3) is 1.91. The lowest BCUT2D eigenvalue weighted by molar-refractivity contribution is 0.972. The number of aromatic nitrogens is 1. The van der Waals surface area contributed by atoms with Crippen molar-refractivity contribution in [2.75, 3.05) is 12.1 Å². The van der Waals surface area contributed by atoms with Crippen molar-refractivity contribution in [3.63, 3.8) is 0 Å². The highest BCUT2D eigenvalue weighted by Crippen LogP contribution is 2.17. The summed E-state index contributed by atoms with van der Waals surface area (Å²) in [6.07, 6.45) is 1.74. The topological polar surface area (TPSA) is 42.1 Å². The number of rotatable bonds is 1. The predicted octanol–water partition coefficient (Wildman–Crippen LogP) is 1.46. The first-order valence-electron chi connectivity index (χ1n) is 3.22. The van der Waals surface area contributed by atoms with Gasteiger partial charge in [0.1, 0.15) is 5.82 Å². The SMILES string of the molecule is Cc1cc(N(C)N)ncc1Br. The van der Waals surface area contributed by atoms with Crippen molar-refractivity contribution in [2.45, 2.75) is 6.92 Å². The number of hydrogen-bond acceptors (Lipinski definition) is 3. The van der Waals surface area contributed by atoms with Gasteiger partial charge in [-0.2, -0.15) is 0 Å². The van der Waals surface area contributed by atoms with Crippen molar-refractivity contribution in [3.8, 4) is 0 Å². The Labute approximate surface area is 74.3 Å². The fourth-order valence-corrected chi connectivity index (χ4v) is 0.934. The Morgan fingerprint density at radius 2 is 2.27 bits per heavy atom. The first-order valence-corrected chi connectivity index (χ1v) is 4.01. The second kappa shape index (κ2) is 3.19. The lowest BCUT2D eigenvalue weighted by Crippen LogP contribution is -2.26. The molecule has 0 atom stereocenters. The zero-order valence-corrected chi connectivity index (χ0v) is 8.09. The van der Waals surface area contributed by atoms with Crippen LogP contribution in [0.3, 0.4) is 0 Å². The highest BCUT2D eigenvalue weighted by atomic mass is 79.9. The second-order valence-electron chi connectivity index (χ2n) is 2.40. The van der Waals surface area contributed by atoms with Gasteiger partial charge in [0.15, 0.2) is 0 Å². The molecule has 1 heterocycles. The van der Waals surface area contributed by atoms with E-state index in [0.29, 0.717) is 0 Å². The summed E-state index contributed by atoms with van der Waals surface area (Å²) < 4.78 is 1.00. The number of aryl methyl sites for hydroxylation is 1. The smallest absolute Gasteiger partial charge is 0.142 e. The van der Waals surface area contributed by atoms with Gasteiger partial charge in [0.25, 0.3) is 0 Å². The van der Waals surface area contributed by atoms with Crippen LogP contribution in [0.2, 0.25) is 0 Å². The summed E-state index contributed by atoms with van der Waals surface area (Å²) in [5.74, 6) is 6.26. The lowest BCUT2D eigenvalue weighted by Gasteiger charge is -2.11. The Morgan fingerprint density at radius 3 is 2.73 bits per heavy atom. The van der Waals surface area contributed by atoms with E-state index in [2.05, 4.69) is 20.9 Å². The maximum absolute atomic E-state index is 5.49. The van der Waals surface area contributed by atoms with Crippen molar-refractivity contribution < 1.29 is 0 Å². The van der Waals surface area contributed by atoms with E-state index in [9.17, 15) is 0 Å². The molecule has 0 spiro atoms. The van der Waals surface area contributed by atoms with Gasteiger partial charge in [-0.1, -0.05) is 0 Å². The molecular formula is C7H10BrN3. The molecule has 0 fully saturated rings. The molecule has 60 valence electrons. The maximum atomic E-state index is 5.49. The highest BCUT2D eigenvalue weighted by Gasteiger charge is 1.99. The first-order chi connectivity index (χ1) is 5.11. The minimum absolute atomic E-state index is 0.769. The van der Waals surface area contributed by atoms with Crippen LogP contribution in [-0.4, -0.2) is 12.0 Å². The van der Waals surface area contributed by atoms with Gasteiger partial charge in [0.05, 0.1) is 0 Å². The number of nitrogens with zero attached hydrogens (tertiary/aromatic N) is 2. The first kappa shape index (κ1) is 8.49. The van der Waals surface area contributed by atoms with Gasteiger partial charge in [0, 0.05) is 17.7 Å². The Kier molecular flexibility index (Phi) is 2.46. The number of anilines is 1. The number of nitrogens with two attached hydrogens (primary N) is 1. The summed E-state index contributed by atoms with van der Waals surface area (Å²) in [4.78, 5) is 4.09. The zero-order chi connectivity index (χ0) is 8.43. The van der Waals surface area contributed by atoms with Crippen LogP contribution >= 0.6 is 15.9 Å². The monoisotopic (exact) mass is 215 g/mol. The Morgan fingerprint density at radius 1 is 1.64 bits per heavy atom. The third-order valence-corrected chi connectivity index (χ3v) is 2.22. The van der Waals surface area contributed by atoms with Gasteiger partial charge in [-0.15, -0.1) is 0 Å². The molecule has 0 amide bonds. The Balaban J connectivity index is 3.05. The fraction of sp³-hybridized carbons (Fsp3) is 0.286. The molecule has 0 aliphatic carbocycles. The predicted molar refractivity (Wildman–Crippen MR) is 49.3 cm³/mol. The number of hydrazine groups is 1. The Hall–Kier alpha value is -0.610. The van der Waals surface area contributed by atoms with Crippen molar-refractivity contribution >= 4 is 21.7 Å². The van der Waals surface area contributed by atoms with Crippen molar-refractivity contribution in [1.82, 2.24) is 4.98 Å². The van der Waals surface area contributed by atoms with E-state index in [4.69, 9.17) is 5.84 Å². The largest absolute Gasteiger partial charge is 0.298 e. The van der Waals surface area contributed by atoms with Crippen LogP contribution in [0.5, 0.6) is 0 Å². The summed E-state index contributed by atoms with van der Waals surface area (Å²) in [5, 5.41) is 1.49. The molecule has 0 aliphatic heterocycles. The molecule has 1 aromatic heterocycles. The highest BCUT2D eigenvalue weighted by molar-refractivity contribution is 9.10. The second-order valence-corrected chi connectivity index (χ2v) is 3.26. The van der Waals surface area contributed by atoms with E-state index in [0.717, 1.165) is 15.9 Å². The van der Waals surface area contributed by atoms with Gasteiger partial charge in [0.2, 0.25) is 0 Å². The Bertz CT molecular complexity index is 260. The molecule has 0 unspecified atom stereocenters. The molecule has 0 saturated carbocycles. The molecule has 0 aromatic carbocycles. The molecule has 0 bridgehead atoms. The summed E-state index contributed by atoms with van der Waals surface area (Å²) in [7, 11) is 1.76. The third-order valence-electron chi connectivity index (χ3n) is 1.39. The quantitative estimate of drug-likeness (QED) is 0.570. The normalized spacial score (nSPS) is 9.82. The molecule has 0 saturated heterocycles. The molecule has 2 N–H and O–H groups in total. The lowest BCUT2D eigenvalue weighted by atomic mass is 10.3. The van der Waals surface area contributed by atoms with Crippen LogP contribution in [-0.2, 0) is 0 Å². The molecular weight excluding hydrogens is 206 g/mol. The van der Waals surface area contributed by atoms with Crippen LogP contribution in [0.15, 0.2) is 16.7 Å². The molecule has 1 rings (SSSR count). The van der Waals surface area contributed by atoms with Crippen LogP contribution in [0.25, 0.3) is 0 Å². The molecule has 0 radical (unpaired) electrons. The standard InChI is InChI=1S/C7H10BrN3/c1-5-3-7(11(2)9)10-4-6(5)8/h3-4H,9H2,1-2H3. The van der Waals surface area contributed by atoms with Crippen LogP contribution in [0, 0.1) is 6.92 Å². The van der Waals surface area contributed by atoms with Gasteiger partial charge < -0.3 is 0 Å². The molecule has 0 aliphatic rings. The van der Waals surface area contributed by atoms with Gasteiger partial charge in [-0.25, -0.2) is 10.8 Å². The fourth-order valence-electron chi connectivity index (χ4n) is 0.717. The molecule has 3 nitrogen and oxygen atoms in total. The maximum Gasteiger partial charge on any atom is 0.142 e. The van der Waals surface area contributed by atoms with Crippen LogP contribution in [0.4, 0.5) is 5.82 Å². The minimum atomic E-state index is 0.769. The molecule has 1 aromatic rings. The number of hydrogen-bond donors (Lipinski definition) is 1. The van der Waals surface area contributed by atoms with E-state index in [-0.39, 0.29) is 0 Å². The van der Waals surface area contributed by atoms with E-state index in [1.54, 1.807) is 13.2 Å². The van der Waals surface area contributed by atoms with Gasteiger partial charge in [-0.3, -0.25) is 5.01 Å². The summed E-state index contributed by atoms with van der Waals surface area (Å²) in [6.45, 7) is 2.00. The molecule has 4 heteroatoms. The van der Waals surface area contributed by atoms with Gasteiger partial charge >= 0.3 is 0 Å². The summed E-state index contributed by atoms with van der Waals surface area (Å²) in [5.41, 5.74) is 1.13. The van der Waals surface area contributed by atoms with Crippen molar-refractivity contribution in [2.24, 2.45) is 5.84 Å². The van der Waals surface area contributed by atoms with E-state index >= 15 is 0 Å². The summed E-state index contributed by atoms with van der Waals surface area (Å²) >= 11 is 3.36. The van der Waals surface area contributed by atoms with Crippen LogP contribution in [0.1, 0.15) is 5.56 Å². The van der Waals surface area contributed by atoms with Gasteiger partial charge in [-0.05, 0) is 34.5 Å². The van der Waals surface area contributed by atoms with Crippen molar-refractivity contribution in [1.29, 1.82) is 0 Å².